The van der Waals surface area contributed by atoms with E-state index in [1.54, 1.807) is 36.4 Å². The van der Waals surface area contributed by atoms with Crippen molar-refractivity contribution in [2.24, 2.45) is 0 Å². The van der Waals surface area contributed by atoms with Crippen LogP contribution in [0.2, 0.25) is 0 Å². The molecule has 0 unspecified atom stereocenters. The smallest absolute Gasteiger partial charge is 0.335 e. The predicted molar refractivity (Wildman–Crippen MR) is 108 cm³/mol. The van der Waals surface area contributed by atoms with Crippen LogP contribution in [0.25, 0.3) is 0 Å². The molecule has 0 aromatic heterocycles. The molecule has 0 heterocycles. The highest BCUT2D eigenvalue weighted by molar-refractivity contribution is 7.93. The Morgan fingerprint density at radius 3 is 1.38 bits per heavy atom. The highest BCUT2D eigenvalue weighted by Crippen LogP contribution is 2.24. The van der Waals surface area contributed by atoms with Gasteiger partial charge in [-0.1, -0.05) is 36.4 Å². The van der Waals surface area contributed by atoms with Gasteiger partial charge in [-0.3, -0.25) is 9.44 Å². The molecular formula is C19H16N2O6S2. The predicted octanol–water partition coefficient (Wildman–Crippen LogP) is 2.99. The number of carboxylic acid groups (broad SMARTS) is 1. The number of benzene rings is 3. The number of sulfonamides is 2. The summed E-state index contributed by atoms with van der Waals surface area (Å²) in [6, 6.07) is 18.4. The second-order valence-corrected chi connectivity index (χ2v) is 9.31. The van der Waals surface area contributed by atoms with Crippen molar-refractivity contribution >= 4 is 37.4 Å². The fourth-order valence-corrected chi connectivity index (χ4v) is 4.62. The lowest BCUT2D eigenvalue weighted by molar-refractivity contribution is 0.0697. The molecular weight excluding hydrogens is 416 g/mol. The zero-order chi connectivity index (χ0) is 21.1. The first-order chi connectivity index (χ1) is 13.7. The maximum absolute atomic E-state index is 12.5. The molecule has 0 radical (unpaired) electrons. The molecule has 0 saturated heterocycles. The van der Waals surface area contributed by atoms with E-state index in [9.17, 15) is 26.7 Å². The molecule has 0 aliphatic heterocycles. The largest absolute Gasteiger partial charge is 0.478 e. The third-order valence-corrected chi connectivity index (χ3v) is 6.59. The summed E-state index contributed by atoms with van der Waals surface area (Å²) in [5, 5.41) is 9.31. The van der Waals surface area contributed by atoms with E-state index >= 15 is 0 Å². The molecule has 0 bridgehead atoms. The van der Waals surface area contributed by atoms with Gasteiger partial charge in [-0.15, -0.1) is 0 Å². The zero-order valence-corrected chi connectivity index (χ0v) is 16.4. The summed E-state index contributed by atoms with van der Waals surface area (Å²) in [5.74, 6) is -1.34. The van der Waals surface area contributed by atoms with Crippen molar-refractivity contribution < 1.29 is 26.7 Å². The standard InChI is InChI=1S/C19H16N2O6S2/c22-19(23)14-11-15(20-28(24,25)17-7-3-1-4-8-17)13-16(12-14)21-29(26,27)18-9-5-2-6-10-18/h1-13,20-21H,(H,22,23). The second-order valence-electron chi connectivity index (χ2n) is 5.94. The molecule has 10 heteroatoms. The van der Waals surface area contributed by atoms with Crippen LogP contribution in [0, 0.1) is 0 Å². The molecule has 0 atom stereocenters. The number of aromatic carboxylic acids is 1. The lowest BCUT2D eigenvalue weighted by atomic mass is 10.2. The van der Waals surface area contributed by atoms with E-state index in [0.717, 1.165) is 12.1 Å². The van der Waals surface area contributed by atoms with Crippen LogP contribution in [0.3, 0.4) is 0 Å². The highest BCUT2D eigenvalue weighted by atomic mass is 32.2. The molecule has 150 valence electrons. The lowest BCUT2D eigenvalue weighted by Crippen LogP contribution is -2.16. The molecule has 3 aromatic rings. The van der Waals surface area contributed by atoms with E-state index in [4.69, 9.17) is 0 Å². The van der Waals surface area contributed by atoms with Crippen molar-refractivity contribution in [1.29, 1.82) is 0 Å². The molecule has 8 nitrogen and oxygen atoms in total. The minimum atomic E-state index is -3.99. The minimum absolute atomic E-state index is 0.0212. The Morgan fingerprint density at radius 1 is 0.655 bits per heavy atom. The summed E-state index contributed by atoms with van der Waals surface area (Å²) in [5.41, 5.74) is -0.483. The Bertz CT molecular complexity index is 1150. The highest BCUT2D eigenvalue weighted by Gasteiger charge is 2.18. The van der Waals surface area contributed by atoms with Crippen molar-refractivity contribution in [3.8, 4) is 0 Å². The van der Waals surface area contributed by atoms with Crippen LogP contribution in [-0.2, 0) is 20.0 Å². The van der Waals surface area contributed by atoms with Crippen molar-refractivity contribution in [1.82, 2.24) is 0 Å². The Labute approximate surface area is 167 Å². The minimum Gasteiger partial charge on any atom is -0.478 e. The summed E-state index contributed by atoms with van der Waals surface area (Å²) in [6.07, 6.45) is 0. The van der Waals surface area contributed by atoms with Crippen LogP contribution in [-0.4, -0.2) is 27.9 Å². The van der Waals surface area contributed by atoms with Gasteiger partial charge in [0.05, 0.1) is 26.7 Å². The maximum Gasteiger partial charge on any atom is 0.335 e. The fourth-order valence-electron chi connectivity index (χ4n) is 2.50. The van der Waals surface area contributed by atoms with Crippen LogP contribution < -0.4 is 9.44 Å². The third-order valence-electron chi connectivity index (χ3n) is 3.79. The SMILES string of the molecule is O=C(O)c1cc(NS(=O)(=O)c2ccccc2)cc(NS(=O)(=O)c2ccccc2)c1. The number of nitrogens with one attached hydrogen (secondary N) is 2. The number of carbonyl (C=O) groups is 1. The first-order valence-corrected chi connectivity index (χ1v) is 11.2. The third kappa shape index (κ3) is 4.92. The van der Waals surface area contributed by atoms with Gasteiger partial charge in [-0.25, -0.2) is 21.6 Å². The van der Waals surface area contributed by atoms with Gasteiger partial charge in [-0.05, 0) is 42.5 Å². The first kappa shape index (κ1) is 20.4. The molecule has 29 heavy (non-hydrogen) atoms. The van der Waals surface area contributed by atoms with Crippen LogP contribution in [0.4, 0.5) is 11.4 Å². The first-order valence-electron chi connectivity index (χ1n) is 8.21. The summed E-state index contributed by atoms with van der Waals surface area (Å²) in [6.45, 7) is 0. The van der Waals surface area contributed by atoms with Gasteiger partial charge in [0.2, 0.25) is 0 Å². The van der Waals surface area contributed by atoms with Crippen LogP contribution >= 0.6 is 0 Å². The molecule has 0 fully saturated rings. The number of hydrogen-bond donors (Lipinski definition) is 3. The number of hydrogen-bond acceptors (Lipinski definition) is 5. The summed E-state index contributed by atoms with van der Waals surface area (Å²) < 4.78 is 54.6. The van der Waals surface area contributed by atoms with Gasteiger partial charge < -0.3 is 5.11 Å². The van der Waals surface area contributed by atoms with E-state index in [0.29, 0.717) is 0 Å². The Kier molecular flexibility index (Phi) is 5.57. The molecule has 0 aliphatic rings. The molecule has 3 aromatic carbocycles. The second kappa shape index (κ2) is 7.94. The average Bonchev–Trinajstić information content (AvgIpc) is 2.68. The average molecular weight is 432 g/mol. The van der Waals surface area contributed by atoms with Gasteiger partial charge >= 0.3 is 5.97 Å². The molecule has 3 N–H and O–H groups in total. The zero-order valence-electron chi connectivity index (χ0n) is 14.8. The van der Waals surface area contributed by atoms with E-state index in [2.05, 4.69) is 9.44 Å². The van der Waals surface area contributed by atoms with Crippen molar-refractivity contribution in [2.45, 2.75) is 9.79 Å². The van der Waals surface area contributed by atoms with E-state index in [1.807, 2.05) is 0 Å². The van der Waals surface area contributed by atoms with E-state index in [-0.39, 0.29) is 26.7 Å². The maximum atomic E-state index is 12.5. The summed E-state index contributed by atoms with van der Waals surface area (Å²) in [7, 11) is -7.98. The van der Waals surface area contributed by atoms with E-state index < -0.39 is 26.0 Å². The van der Waals surface area contributed by atoms with Gasteiger partial charge in [0.1, 0.15) is 0 Å². The fraction of sp³-hybridized carbons (Fsp3) is 0. The Hall–Kier alpha value is -3.37. The molecule has 0 aliphatic carbocycles. The number of carboxylic acids is 1. The van der Waals surface area contributed by atoms with Gasteiger partial charge in [-0.2, -0.15) is 0 Å². The van der Waals surface area contributed by atoms with E-state index in [1.165, 1.54) is 30.3 Å². The normalized spacial score (nSPS) is 11.6. The van der Waals surface area contributed by atoms with Gasteiger partial charge in [0.15, 0.2) is 0 Å². The van der Waals surface area contributed by atoms with Crippen LogP contribution in [0.5, 0.6) is 0 Å². The van der Waals surface area contributed by atoms with Crippen molar-refractivity contribution in [3.63, 3.8) is 0 Å². The summed E-state index contributed by atoms with van der Waals surface area (Å²) >= 11 is 0. The Morgan fingerprint density at radius 2 is 1.03 bits per heavy atom. The van der Waals surface area contributed by atoms with Gasteiger partial charge in [0, 0.05) is 0 Å². The lowest BCUT2D eigenvalue weighted by Gasteiger charge is -2.13. The van der Waals surface area contributed by atoms with Crippen molar-refractivity contribution in [2.75, 3.05) is 9.44 Å². The molecule has 0 spiro atoms. The summed E-state index contributed by atoms with van der Waals surface area (Å²) in [4.78, 5) is 11.4. The molecule has 0 saturated carbocycles. The van der Waals surface area contributed by atoms with Crippen molar-refractivity contribution in [3.05, 3.63) is 84.4 Å². The monoisotopic (exact) mass is 432 g/mol. The Balaban J connectivity index is 1.98. The molecule has 0 amide bonds. The van der Waals surface area contributed by atoms with Gasteiger partial charge in [0.25, 0.3) is 20.0 Å². The quantitative estimate of drug-likeness (QED) is 0.526. The molecule has 3 rings (SSSR count). The number of rotatable bonds is 7. The van der Waals surface area contributed by atoms with Crippen LogP contribution in [0.1, 0.15) is 10.4 Å². The van der Waals surface area contributed by atoms with Crippen LogP contribution in [0.15, 0.2) is 88.7 Å². The topological polar surface area (TPSA) is 130 Å². The number of anilines is 2.